The number of fused-ring (bicyclic) bond motifs is 1. The van der Waals surface area contributed by atoms with Gasteiger partial charge in [0.1, 0.15) is 6.61 Å². The molecule has 104 valence electrons. The lowest BCUT2D eigenvalue weighted by Gasteiger charge is -2.22. The molecule has 0 fully saturated rings. The Hall–Kier alpha value is -1.55. The molecular formula is C15H22N2O2. The van der Waals surface area contributed by atoms with E-state index in [1.54, 1.807) is 0 Å². The van der Waals surface area contributed by atoms with Gasteiger partial charge in [-0.25, -0.2) is 0 Å². The summed E-state index contributed by atoms with van der Waals surface area (Å²) >= 11 is 0. The van der Waals surface area contributed by atoms with E-state index in [2.05, 4.69) is 16.7 Å². The number of benzene rings is 1. The Morgan fingerprint density at radius 3 is 2.95 bits per heavy atom. The van der Waals surface area contributed by atoms with Crippen molar-refractivity contribution in [1.29, 1.82) is 0 Å². The number of nitrogens with one attached hydrogen (secondary N) is 2. The smallest absolute Gasteiger partial charge is 0.250 e. The lowest BCUT2D eigenvalue weighted by atomic mass is 10.0. The van der Waals surface area contributed by atoms with Gasteiger partial charge in [0.25, 0.3) is 0 Å². The first kappa shape index (κ1) is 13.9. The zero-order valence-corrected chi connectivity index (χ0v) is 11.9. The number of rotatable bonds is 3. The van der Waals surface area contributed by atoms with Gasteiger partial charge in [0.15, 0.2) is 0 Å². The second-order valence-corrected chi connectivity index (χ2v) is 5.82. The van der Waals surface area contributed by atoms with Gasteiger partial charge in [0.2, 0.25) is 5.91 Å². The van der Waals surface area contributed by atoms with Gasteiger partial charge in [0, 0.05) is 6.54 Å². The normalized spacial score (nSPS) is 14.5. The monoisotopic (exact) mass is 262 g/mol. The number of anilines is 2. The predicted octanol–water partition coefficient (Wildman–Crippen LogP) is 2.80. The minimum absolute atomic E-state index is 0.0766. The van der Waals surface area contributed by atoms with Crippen molar-refractivity contribution in [1.82, 2.24) is 0 Å². The zero-order valence-electron chi connectivity index (χ0n) is 11.9. The fraction of sp³-hybridized carbons (Fsp3) is 0.533. The molecule has 1 aliphatic heterocycles. The second-order valence-electron chi connectivity index (χ2n) is 5.82. The maximum Gasteiger partial charge on any atom is 0.250 e. The molecule has 0 saturated heterocycles. The minimum atomic E-state index is -0.300. The lowest BCUT2D eigenvalue weighted by molar-refractivity contribution is -0.125. The van der Waals surface area contributed by atoms with Crippen LogP contribution in [0.2, 0.25) is 0 Å². The van der Waals surface area contributed by atoms with Crippen LogP contribution in [0.1, 0.15) is 32.8 Å². The number of aryl methyl sites for hydroxylation is 1. The molecule has 0 bridgehead atoms. The molecule has 1 heterocycles. The van der Waals surface area contributed by atoms with Gasteiger partial charge in [0.05, 0.1) is 17.0 Å². The van der Waals surface area contributed by atoms with Crippen molar-refractivity contribution in [2.24, 2.45) is 0 Å². The summed E-state index contributed by atoms with van der Waals surface area (Å²) in [5.74, 6) is -0.115. The Labute approximate surface area is 114 Å². The molecule has 0 unspecified atom stereocenters. The molecule has 2 rings (SSSR count). The number of amides is 1. The lowest BCUT2D eigenvalue weighted by Crippen LogP contribution is -2.27. The van der Waals surface area contributed by atoms with E-state index >= 15 is 0 Å². The molecule has 0 atom stereocenters. The molecule has 0 aliphatic carbocycles. The molecule has 1 amide bonds. The highest BCUT2D eigenvalue weighted by Crippen LogP contribution is 2.29. The third kappa shape index (κ3) is 3.96. The SMILES string of the molecule is CC(C)(C)OCC(=O)Nc1cccc2c1NCCC2. The minimum Gasteiger partial charge on any atom is -0.383 e. The van der Waals surface area contributed by atoms with Gasteiger partial charge in [-0.15, -0.1) is 0 Å². The van der Waals surface area contributed by atoms with Gasteiger partial charge >= 0.3 is 0 Å². The Kier molecular flexibility index (Phi) is 4.10. The predicted molar refractivity (Wildman–Crippen MR) is 77.6 cm³/mol. The first-order valence-corrected chi connectivity index (χ1v) is 6.75. The van der Waals surface area contributed by atoms with E-state index in [9.17, 15) is 4.79 Å². The van der Waals surface area contributed by atoms with E-state index in [-0.39, 0.29) is 18.1 Å². The highest BCUT2D eigenvalue weighted by atomic mass is 16.5. The van der Waals surface area contributed by atoms with Gasteiger partial charge in [-0.05, 0) is 45.2 Å². The van der Waals surface area contributed by atoms with Crippen molar-refractivity contribution in [3.63, 3.8) is 0 Å². The summed E-state index contributed by atoms with van der Waals surface area (Å²) in [5, 5.41) is 6.27. The number of carbonyl (C=O) groups is 1. The number of hydrogen-bond acceptors (Lipinski definition) is 3. The maximum atomic E-state index is 11.9. The van der Waals surface area contributed by atoms with Crippen LogP contribution >= 0.6 is 0 Å². The number of para-hydroxylation sites is 1. The second kappa shape index (κ2) is 5.61. The molecular weight excluding hydrogens is 240 g/mol. The molecule has 0 radical (unpaired) electrons. The van der Waals surface area contributed by atoms with Gasteiger partial charge in [-0.3, -0.25) is 4.79 Å². The van der Waals surface area contributed by atoms with E-state index in [0.717, 1.165) is 30.8 Å². The highest BCUT2D eigenvalue weighted by molar-refractivity contribution is 5.95. The Balaban J connectivity index is 2.01. The fourth-order valence-electron chi connectivity index (χ4n) is 2.08. The van der Waals surface area contributed by atoms with E-state index in [1.165, 1.54) is 5.56 Å². The van der Waals surface area contributed by atoms with Crippen LogP contribution in [0.15, 0.2) is 18.2 Å². The summed E-state index contributed by atoms with van der Waals surface area (Å²) < 4.78 is 5.47. The molecule has 0 saturated carbocycles. The van der Waals surface area contributed by atoms with Crippen molar-refractivity contribution in [2.45, 2.75) is 39.2 Å². The van der Waals surface area contributed by atoms with Gasteiger partial charge in [-0.1, -0.05) is 12.1 Å². The van der Waals surface area contributed by atoms with E-state index in [4.69, 9.17) is 4.74 Å². The molecule has 0 spiro atoms. The average Bonchev–Trinajstić information content (AvgIpc) is 2.36. The number of hydrogen-bond donors (Lipinski definition) is 2. The Morgan fingerprint density at radius 1 is 1.42 bits per heavy atom. The van der Waals surface area contributed by atoms with E-state index in [1.807, 2.05) is 32.9 Å². The highest BCUT2D eigenvalue weighted by Gasteiger charge is 2.16. The molecule has 19 heavy (non-hydrogen) atoms. The van der Waals surface area contributed by atoms with Crippen LogP contribution in [-0.2, 0) is 16.0 Å². The van der Waals surface area contributed by atoms with Crippen LogP contribution in [0.3, 0.4) is 0 Å². The molecule has 0 aromatic heterocycles. The zero-order chi connectivity index (χ0) is 13.9. The van der Waals surface area contributed by atoms with Crippen molar-refractivity contribution >= 4 is 17.3 Å². The molecule has 4 heteroatoms. The molecule has 2 N–H and O–H groups in total. The summed E-state index contributed by atoms with van der Waals surface area (Å²) in [6.45, 7) is 6.84. The Morgan fingerprint density at radius 2 is 2.21 bits per heavy atom. The van der Waals surface area contributed by atoms with Crippen LogP contribution in [0.5, 0.6) is 0 Å². The van der Waals surface area contributed by atoms with Crippen LogP contribution in [0, 0.1) is 0 Å². The van der Waals surface area contributed by atoms with Gasteiger partial charge in [-0.2, -0.15) is 0 Å². The van der Waals surface area contributed by atoms with Crippen molar-refractivity contribution in [3.8, 4) is 0 Å². The summed E-state index contributed by atoms with van der Waals surface area (Å²) in [4.78, 5) is 11.9. The first-order chi connectivity index (χ1) is 8.96. The molecule has 4 nitrogen and oxygen atoms in total. The number of carbonyl (C=O) groups excluding carboxylic acids is 1. The molecule has 1 aromatic rings. The quantitative estimate of drug-likeness (QED) is 0.880. The first-order valence-electron chi connectivity index (χ1n) is 6.75. The maximum absolute atomic E-state index is 11.9. The third-order valence-corrected chi connectivity index (χ3v) is 2.99. The van der Waals surface area contributed by atoms with Gasteiger partial charge < -0.3 is 15.4 Å². The molecule has 1 aromatic carbocycles. The third-order valence-electron chi connectivity index (χ3n) is 2.99. The van der Waals surface area contributed by atoms with E-state index < -0.39 is 0 Å². The van der Waals surface area contributed by atoms with Crippen molar-refractivity contribution < 1.29 is 9.53 Å². The average molecular weight is 262 g/mol. The summed E-state index contributed by atoms with van der Waals surface area (Å²) in [6, 6.07) is 6.00. The molecule has 1 aliphatic rings. The summed E-state index contributed by atoms with van der Waals surface area (Å²) in [7, 11) is 0. The summed E-state index contributed by atoms with van der Waals surface area (Å²) in [6.07, 6.45) is 2.20. The Bertz CT molecular complexity index is 464. The topological polar surface area (TPSA) is 50.4 Å². The van der Waals surface area contributed by atoms with Crippen LogP contribution in [0.25, 0.3) is 0 Å². The van der Waals surface area contributed by atoms with Crippen LogP contribution < -0.4 is 10.6 Å². The standard InChI is InChI=1S/C15H22N2O2/c1-15(2,3)19-10-13(18)17-12-8-4-6-11-7-5-9-16-14(11)12/h4,6,8,16H,5,7,9-10H2,1-3H3,(H,17,18). The van der Waals surface area contributed by atoms with Crippen LogP contribution in [-0.4, -0.2) is 24.7 Å². The van der Waals surface area contributed by atoms with Crippen molar-refractivity contribution in [2.75, 3.05) is 23.8 Å². The number of ether oxygens (including phenoxy) is 1. The summed E-state index contributed by atoms with van der Waals surface area (Å²) in [5.41, 5.74) is 2.87. The largest absolute Gasteiger partial charge is 0.383 e. The van der Waals surface area contributed by atoms with Crippen LogP contribution in [0.4, 0.5) is 11.4 Å². The fourth-order valence-corrected chi connectivity index (χ4v) is 2.08. The van der Waals surface area contributed by atoms with Crippen molar-refractivity contribution in [3.05, 3.63) is 23.8 Å². The van der Waals surface area contributed by atoms with E-state index in [0.29, 0.717) is 0 Å².